The first kappa shape index (κ1) is 12.4. The minimum atomic E-state index is 0.577. The average Bonchev–Trinajstić information content (AvgIpc) is 2.84. The molecule has 0 amide bonds. The van der Waals surface area contributed by atoms with Crippen LogP contribution in [0.4, 0.5) is 0 Å². The van der Waals surface area contributed by atoms with Crippen LogP contribution in [0.5, 0.6) is 0 Å². The van der Waals surface area contributed by atoms with E-state index in [0.29, 0.717) is 5.92 Å². The maximum atomic E-state index is 4.33. The number of benzene rings is 2. The molecule has 0 aliphatic rings. The fourth-order valence-corrected chi connectivity index (χ4v) is 3.05. The van der Waals surface area contributed by atoms with Gasteiger partial charge < -0.3 is 0 Å². The van der Waals surface area contributed by atoms with Crippen molar-refractivity contribution < 1.29 is 0 Å². The summed E-state index contributed by atoms with van der Waals surface area (Å²) in [6.07, 6.45) is 1.96. The zero-order valence-electron chi connectivity index (χ0n) is 11.5. The largest absolute Gasteiger partial charge is 0.249 e. The number of aryl methyl sites for hydroxylation is 1. The summed E-state index contributed by atoms with van der Waals surface area (Å²) >= 11 is 1.75. The van der Waals surface area contributed by atoms with Crippen LogP contribution in [0, 0.1) is 6.92 Å². The quantitative estimate of drug-likeness (QED) is 0.606. The van der Waals surface area contributed by atoms with Gasteiger partial charge in [-0.05, 0) is 40.8 Å². The highest BCUT2D eigenvalue weighted by Gasteiger charge is 2.05. The molecule has 1 heterocycles. The number of rotatable bonds is 2. The summed E-state index contributed by atoms with van der Waals surface area (Å²) in [5, 5.41) is 3.73. The van der Waals surface area contributed by atoms with E-state index in [4.69, 9.17) is 0 Å². The van der Waals surface area contributed by atoms with E-state index in [2.05, 4.69) is 55.2 Å². The highest BCUT2D eigenvalue weighted by molar-refractivity contribution is 7.15. The molecule has 3 rings (SSSR count). The molecule has 0 aliphatic heterocycles. The molecule has 1 nitrogen and oxygen atoms in total. The zero-order valence-corrected chi connectivity index (χ0v) is 12.3. The van der Waals surface area contributed by atoms with Crippen molar-refractivity contribution in [3.63, 3.8) is 0 Å². The molecule has 0 saturated carbocycles. The molecule has 19 heavy (non-hydrogen) atoms. The van der Waals surface area contributed by atoms with Crippen molar-refractivity contribution in [2.24, 2.45) is 0 Å². The SMILES string of the molecule is Cc1ncc(-c2ccc3cc(C(C)C)ccc3c2)s1. The summed E-state index contributed by atoms with van der Waals surface area (Å²) in [4.78, 5) is 5.57. The van der Waals surface area contributed by atoms with Gasteiger partial charge in [0.25, 0.3) is 0 Å². The van der Waals surface area contributed by atoms with Gasteiger partial charge in [-0.15, -0.1) is 11.3 Å². The molecule has 0 atom stereocenters. The molecule has 96 valence electrons. The molecule has 1 aromatic heterocycles. The van der Waals surface area contributed by atoms with Crippen molar-refractivity contribution in [3.05, 3.63) is 53.2 Å². The first-order valence-corrected chi connectivity index (χ1v) is 7.41. The third kappa shape index (κ3) is 2.41. The second kappa shape index (κ2) is 4.78. The van der Waals surface area contributed by atoms with Crippen molar-refractivity contribution in [2.45, 2.75) is 26.7 Å². The number of hydrogen-bond donors (Lipinski definition) is 0. The maximum absolute atomic E-state index is 4.33. The second-order valence-electron chi connectivity index (χ2n) is 5.22. The van der Waals surface area contributed by atoms with Gasteiger partial charge in [-0.2, -0.15) is 0 Å². The average molecular weight is 267 g/mol. The van der Waals surface area contributed by atoms with Crippen LogP contribution in [0.1, 0.15) is 30.3 Å². The fourth-order valence-electron chi connectivity index (χ4n) is 2.27. The lowest BCUT2D eigenvalue weighted by atomic mass is 9.98. The predicted molar refractivity (Wildman–Crippen MR) is 83.9 cm³/mol. The van der Waals surface area contributed by atoms with Crippen LogP contribution in [0.3, 0.4) is 0 Å². The Kier molecular flexibility index (Phi) is 3.11. The van der Waals surface area contributed by atoms with Gasteiger partial charge in [0.05, 0.1) is 9.88 Å². The Labute approximate surface area is 117 Å². The van der Waals surface area contributed by atoms with Gasteiger partial charge >= 0.3 is 0 Å². The summed E-state index contributed by atoms with van der Waals surface area (Å²) in [6.45, 7) is 6.51. The smallest absolute Gasteiger partial charge is 0.0900 e. The molecular weight excluding hydrogens is 250 g/mol. The third-order valence-electron chi connectivity index (χ3n) is 3.44. The van der Waals surface area contributed by atoms with Crippen LogP contribution in [-0.4, -0.2) is 4.98 Å². The highest BCUT2D eigenvalue weighted by atomic mass is 32.1. The summed E-state index contributed by atoms with van der Waals surface area (Å²) in [5.41, 5.74) is 2.66. The van der Waals surface area contributed by atoms with Crippen LogP contribution in [0.2, 0.25) is 0 Å². The van der Waals surface area contributed by atoms with Gasteiger partial charge in [0, 0.05) is 6.20 Å². The van der Waals surface area contributed by atoms with Crippen LogP contribution >= 0.6 is 11.3 Å². The molecular formula is C17H17NS. The van der Waals surface area contributed by atoms with Crippen molar-refractivity contribution >= 4 is 22.1 Å². The van der Waals surface area contributed by atoms with Crippen LogP contribution in [0.25, 0.3) is 21.2 Å². The monoisotopic (exact) mass is 267 g/mol. The van der Waals surface area contributed by atoms with E-state index in [0.717, 1.165) is 5.01 Å². The predicted octanol–water partition coefficient (Wildman–Crippen LogP) is 5.40. The Morgan fingerprint density at radius 3 is 2.42 bits per heavy atom. The maximum Gasteiger partial charge on any atom is 0.0900 e. The zero-order chi connectivity index (χ0) is 13.4. The molecule has 0 spiro atoms. The second-order valence-corrected chi connectivity index (χ2v) is 6.45. The van der Waals surface area contributed by atoms with Crippen LogP contribution in [-0.2, 0) is 0 Å². The lowest BCUT2D eigenvalue weighted by molar-refractivity contribution is 0.869. The van der Waals surface area contributed by atoms with Gasteiger partial charge in [-0.25, -0.2) is 4.98 Å². The molecule has 0 N–H and O–H groups in total. The van der Waals surface area contributed by atoms with Gasteiger partial charge in [-0.1, -0.05) is 44.2 Å². The summed E-state index contributed by atoms with van der Waals surface area (Å²) < 4.78 is 0. The van der Waals surface area contributed by atoms with Crippen molar-refractivity contribution in [3.8, 4) is 10.4 Å². The molecule has 0 saturated heterocycles. The van der Waals surface area contributed by atoms with Crippen molar-refractivity contribution in [1.82, 2.24) is 4.98 Å². The van der Waals surface area contributed by atoms with E-state index in [9.17, 15) is 0 Å². The van der Waals surface area contributed by atoms with Crippen molar-refractivity contribution in [1.29, 1.82) is 0 Å². The number of aromatic nitrogens is 1. The Hall–Kier alpha value is -1.67. The first-order chi connectivity index (χ1) is 9.13. The Bertz CT molecular complexity index is 725. The van der Waals surface area contributed by atoms with E-state index in [1.54, 1.807) is 11.3 Å². The number of thiazole rings is 1. The molecule has 0 fully saturated rings. The number of fused-ring (bicyclic) bond motifs is 1. The molecule has 2 heteroatoms. The van der Waals surface area contributed by atoms with Crippen LogP contribution < -0.4 is 0 Å². The molecule has 0 aliphatic carbocycles. The summed E-state index contributed by atoms with van der Waals surface area (Å²) in [5.74, 6) is 0.577. The molecule has 2 aromatic carbocycles. The molecule has 3 aromatic rings. The summed E-state index contributed by atoms with van der Waals surface area (Å²) in [6, 6.07) is 13.4. The van der Waals surface area contributed by atoms with E-state index < -0.39 is 0 Å². The van der Waals surface area contributed by atoms with Gasteiger partial charge in [0.15, 0.2) is 0 Å². The topological polar surface area (TPSA) is 12.9 Å². The lowest BCUT2D eigenvalue weighted by Crippen LogP contribution is -1.86. The van der Waals surface area contributed by atoms with Gasteiger partial charge in [0.2, 0.25) is 0 Å². The van der Waals surface area contributed by atoms with E-state index in [1.165, 1.54) is 26.8 Å². The number of hydrogen-bond acceptors (Lipinski definition) is 2. The minimum absolute atomic E-state index is 0.577. The normalized spacial score (nSPS) is 11.4. The lowest BCUT2D eigenvalue weighted by Gasteiger charge is -2.07. The fraction of sp³-hybridized carbons (Fsp3) is 0.235. The van der Waals surface area contributed by atoms with Crippen LogP contribution in [0.15, 0.2) is 42.6 Å². The summed E-state index contributed by atoms with van der Waals surface area (Å²) in [7, 11) is 0. The number of nitrogens with zero attached hydrogens (tertiary/aromatic N) is 1. The van der Waals surface area contributed by atoms with E-state index in [1.807, 2.05) is 13.1 Å². The minimum Gasteiger partial charge on any atom is -0.249 e. The molecule has 0 bridgehead atoms. The van der Waals surface area contributed by atoms with Gasteiger partial charge in [-0.3, -0.25) is 0 Å². The Balaban J connectivity index is 2.09. The van der Waals surface area contributed by atoms with E-state index in [-0.39, 0.29) is 0 Å². The van der Waals surface area contributed by atoms with Crippen molar-refractivity contribution in [2.75, 3.05) is 0 Å². The Morgan fingerprint density at radius 2 is 1.74 bits per heavy atom. The standard InChI is InChI=1S/C17H17NS/c1-11(2)13-4-5-15-9-16(7-6-14(15)8-13)17-10-18-12(3)19-17/h4-11H,1-3H3. The molecule has 0 radical (unpaired) electrons. The third-order valence-corrected chi connectivity index (χ3v) is 4.40. The first-order valence-electron chi connectivity index (χ1n) is 6.60. The van der Waals surface area contributed by atoms with E-state index >= 15 is 0 Å². The Morgan fingerprint density at radius 1 is 1.00 bits per heavy atom. The van der Waals surface area contributed by atoms with Gasteiger partial charge in [0.1, 0.15) is 0 Å². The highest BCUT2D eigenvalue weighted by Crippen LogP contribution is 2.29. The molecule has 0 unspecified atom stereocenters.